The number of hydrogen-bond acceptors (Lipinski definition) is 8. The number of hydrogen-bond donors (Lipinski definition) is 1. The molecule has 2 unspecified atom stereocenters. The maximum atomic E-state index is 14.8. The molecule has 1 N–H and O–H groups in total. The lowest BCUT2D eigenvalue weighted by atomic mass is 9.33. The van der Waals surface area contributed by atoms with Crippen molar-refractivity contribution in [2.75, 3.05) is 14.2 Å². The van der Waals surface area contributed by atoms with Gasteiger partial charge in [-0.15, -0.1) is 0 Å². The molecule has 68 heavy (non-hydrogen) atoms. The van der Waals surface area contributed by atoms with E-state index >= 15 is 0 Å². The van der Waals surface area contributed by atoms with Crippen LogP contribution in [0.25, 0.3) is 6.08 Å². The standard InChI is InChI=1S/C60H78O8/c1-34-31-51(4)20-22-52(5,48(62)65-13)32-43(51)56(9)25-24-54(7)38(46(34)56)17-16-37-40(54)30-45(61)60(64)59(37,12)67-41-29-39-36(35(2)47(41)68-60)15-18-42-55(39,8)26-28-58(11)44-33-53(6,49(63)66-14)21-19-50(44,3)23-27-57(42,58)10/h15-18,29-30,42-44,64H,19-28,31-33H2,1-14H3/t42?,43-,44?,50-,51-,52-,53-,54-,55+,56+,57-,58+,59+,60-/m1/s1. The van der Waals surface area contributed by atoms with Crippen LogP contribution >= 0.6 is 0 Å². The summed E-state index contributed by atoms with van der Waals surface area (Å²) in [4.78, 5) is 41.5. The van der Waals surface area contributed by atoms with Gasteiger partial charge >= 0.3 is 17.7 Å². The second-order valence-electron chi connectivity index (χ2n) is 26.9. The topological polar surface area (TPSA) is 108 Å². The Morgan fingerprint density at radius 3 is 1.93 bits per heavy atom. The molecule has 11 rings (SSSR count). The number of rotatable bonds is 2. The van der Waals surface area contributed by atoms with Crippen LogP contribution in [0.2, 0.25) is 0 Å². The Labute approximate surface area is 405 Å². The monoisotopic (exact) mass is 927 g/mol. The molecule has 0 radical (unpaired) electrons. The van der Waals surface area contributed by atoms with Gasteiger partial charge in [0.05, 0.1) is 25.0 Å². The molecule has 8 nitrogen and oxygen atoms in total. The third-order valence-corrected chi connectivity index (χ3v) is 23.4. The maximum absolute atomic E-state index is 14.8. The average Bonchev–Trinajstić information content (AvgIpc) is 3.29. The first-order valence-corrected chi connectivity index (χ1v) is 26.1. The van der Waals surface area contributed by atoms with Crippen molar-refractivity contribution in [2.45, 2.75) is 183 Å². The SMILES string of the molecule is COC(=O)[C@]1(C)CC[C@]2(C)CC[C@]3(C)C4C=Cc5c(cc6c(c5C)O[C@]5(O)C(=O)C=C7C(=CC=C8C9=C(C)C[C@@]%10(C)CC[C@@](C)(C(=O)OC)C[C@H]%10[C@]9(C)CC[C@@]78C)[C@]5(C)O6)[C@]4(C)CC[C@@]3(C)C2C1. The molecular formula is C60H78O8. The molecular weight excluding hydrogens is 849 g/mol. The van der Waals surface area contributed by atoms with E-state index in [4.69, 9.17) is 18.9 Å². The van der Waals surface area contributed by atoms with E-state index in [-0.39, 0.29) is 56.3 Å². The minimum atomic E-state index is -2.28. The molecule has 5 saturated carbocycles. The molecule has 366 valence electrons. The zero-order chi connectivity index (χ0) is 49.0. The van der Waals surface area contributed by atoms with Crippen LogP contribution in [0.1, 0.15) is 176 Å². The molecule has 5 fully saturated rings. The van der Waals surface area contributed by atoms with Gasteiger partial charge in [-0.25, -0.2) is 0 Å². The first-order valence-electron chi connectivity index (χ1n) is 26.1. The summed E-state index contributed by atoms with van der Waals surface area (Å²) < 4.78 is 24.9. The van der Waals surface area contributed by atoms with Gasteiger partial charge in [-0.3, -0.25) is 14.4 Å². The molecule has 1 aromatic rings. The number of aliphatic hydroxyl groups is 1. The van der Waals surface area contributed by atoms with E-state index in [0.29, 0.717) is 17.4 Å². The lowest BCUT2D eigenvalue weighted by molar-refractivity contribution is -0.231. The number of carbonyl (C=O) groups is 3. The molecule has 1 aliphatic heterocycles. The zero-order valence-electron chi connectivity index (χ0n) is 43.7. The molecule has 0 aromatic heterocycles. The van der Waals surface area contributed by atoms with Gasteiger partial charge in [0.15, 0.2) is 11.5 Å². The molecule has 0 saturated heterocycles. The van der Waals surface area contributed by atoms with Crippen molar-refractivity contribution < 1.29 is 38.4 Å². The second-order valence-corrected chi connectivity index (χ2v) is 26.9. The Hall–Kier alpha value is -3.91. The van der Waals surface area contributed by atoms with Crippen LogP contribution in [0.3, 0.4) is 0 Å². The van der Waals surface area contributed by atoms with Gasteiger partial charge in [-0.1, -0.05) is 78.3 Å². The summed E-state index contributed by atoms with van der Waals surface area (Å²) >= 11 is 0. The first kappa shape index (κ1) is 46.5. The fraction of sp³-hybridized carbons (Fsp3) is 0.683. The number of ether oxygens (including phenoxy) is 4. The van der Waals surface area contributed by atoms with Gasteiger partial charge in [0, 0.05) is 22.0 Å². The maximum Gasteiger partial charge on any atom is 0.317 e. The van der Waals surface area contributed by atoms with Crippen molar-refractivity contribution in [3.63, 3.8) is 0 Å². The van der Waals surface area contributed by atoms with E-state index in [1.54, 1.807) is 6.08 Å². The lowest BCUT2D eigenvalue weighted by Gasteiger charge is -2.71. The van der Waals surface area contributed by atoms with Gasteiger partial charge < -0.3 is 24.1 Å². The summed E-state index contributed by atoms with van der Waals surface area (Å²) in [6.45, 7) is 27.7. The largest absolute Gasteiger partial charge is 0.471 e. The highest BCUT2D eigenvalue weighted by molar-refractivity contribution is 6.02. The van der Waals surface area contributed by atoms with E-state index in [2.05, 4.69) is 99.6 Å². The predicted octanol–water partition coefficient (Wildman–Crippen LogP) is 12.6. The quantitative estimate of drug-likeness (QED) is 0.292. The van der Waals surface area contributed by atoms with Gasteiger partial charge in [0.2, 0.25) is 11.4 Å². The molecule has 0 bridgehead atoms. The summed E-state index contributed by atoms with van der Waals surface area (Å²) in [5, 5.41) is 12.8. The Balaban J connectivity index is 0.972. The van der Waals surface area contributed by atoms with E-state index < -0.39 is 33.4 Å². The van der Waals surface area contributed by atoms with Crippen LogP contribution < -0.4 is 9.47 Å². The Morgan fingerprint density at radius 1 is 0.676 bits per heavy atom. The minimum absolute atomic E-state index is 0.0121. The third-order valence-electron chi connectivity index (χ3n) is 23.4. The summed E-state index contributed by atoms with van der Waals surface area (Å²) in [5.41, 5.74) is 5.72. The molecule has 8 heteroatoms. The molecule has 1 heterocycles. The van der Waals surface area contributed by atoms with Crippen molar-refractivity contribution in [1.82, 2.24) is 0 Å². The number of esters is 2. The summed E-state index contributed by atoms with van der Waals surface area (Å²) in [6, 6.07) is 2.20. The Kier molecular flexibility index (Phi) is 9.38. The van der Waals surface area contributed by atoms with E-state index in [9.17, 15) is 19.5 Å². The number of fused-ring (bicyclic) bond motifs is 17. The highest BCUT2D eigenvalue weighted by atomic mass is 16.7. The van der Waals surface area contributed by atoms with Crippen molar-refractivity contribution in [3.8, 4) is 11.5 Å². The highest BCUT2D eigenvalue weighted by Crippen LogP contribution is 2.76. The minimum Gasteiger partial charge on any atom is -0.471 e. The van der Waals surface area contributed by atoms with Gasteiger partial charge in [0.1, 0.15) is 0 Å². The third kappa shape index (κ3) is 5.35. The van der Waals surface area contributed by atoms with Crippen LogP contribution in [0.4, 0.5) is 0 Å². The number of carbonyl (C=O) groups excluding carboxylic acids is 3. The molecule has 1 aromatic carbocycles. The Morgan fingerprint density at radius 2 is 1.26 bits per heavy atom. The predicted molar refractivity (Wildman–Crippen MR) is 264 cm³/mol. The van der Waals surface area contributed by atoms with E-state index in [1.807, 2.05) is 13.8 Å². The number of methoxy groups -OCH3 is 2. The lowest BCUT2D eigenvalue weighted by Crippen LogP contribution is -2.69. The molecule has 14 atom stereocenters. The van der Waals surface area contributed by atoms with E-state index in [0.717, 1.165) is 106 Å². The summed E-state index contributed by atoms with van der Waals surface area (Å²) in [5.74, 6) is -1.03. The zero-order valence-corrected chi connectivity index (χ0v) is 43.7. The van der Waals surface area contributed by atoms with Crippen LogP contribution in [-0.2, 0) is 29.3 Å². The average molecular weight is 927 g/mol. The second kappa shape index (κ2) is 13.7. The van der Waals surface area contributed by atoms with Crippen LogP contribution in [0, 0.1) is 68.0 Å². The number of ketones is 1. The van der Waals surface area contributed by atoms with Gasteiger partial charge in [-0.05, 0) is 203 Å². The number of benzene rings is 1. The smallest absolute Gasteiger partial charge is 0.317 e. The van der Waals surface area contributed by atoms with E-state index in [1.165, 1.54) is 36.5 Å². The molecule has 10 aliphatic rings. The normalized spacial score (nSPS) is 48.2. The van der Waals surface area contributed by atoms with Crippen LogP contribution in [0.5, 0.6) is 11.5 Å². The fourth-order valence-corrected chi connectivity index (χ4v) is 18.8. The van der Waals surface area contributed by atoms with Crippen LogP contribution in [0.15, 0.2) is 58.2 Å². The van der Waals surface area contributed by atoms with Crippen molar-refractivity contribution in [2.24, 2.45) is 61.1 Å². The summed E-state index contributed by atoms with van der Waals surface area (Å²) in [6.07, 6.45) is 23.2. The van der Waals surface area contributed by atoms with Gasteiger partial charge in [-0.2, -0.15) is 0 Å². The van der Waals surface area contributed by atoms with Gasteiger partial charge in [0.25, 0.3) is 0 Å². The molecule has 0 spiro atoms. The van der Waals surface area contributed by atoms with Crippen molar-refractivity contribution in [3.05, 3.63) is 74.9 Å². The summed E-state index contributed by atoms with van der Waals surface area (Å²) in [7, 11) is 3.06. The van der Waals surface area contributed by atoms with Crippen molar-refractivity contribution in [1.29, 1.82) is 0 Å². The number of allylic oxidation sites excluding steroid dienone is 6. The highest BCUT2D eigenvalue weighted by Gasteiger charge is 2.71. The molecule has 0 amide bonds. The molecule has 9 aliphatic carbocycles. The first-order chi connectivity index (χ1) is 31.6. The Bertz CT molecular complexity index is 2680. The fourth-order valence-electron chi connectivity index (χ4n) is 18.8. The van der Waals surface area contributed by atoms with Crippen molar-refractivity contribution >= 4 is 23.8 Å². The van der Waals surface area contributed by atoms with Crippen LogP contribution in [-0.4, -0.2) is 48.4 Å².